The third-order valence-electron chi connectivity index (χ3n) is 3.26. The number of thioether (sulfide) groups is 1. The van der Waals surface area contributed by atoms with Gasteiger partial charge in [-0.05, 0) is 30.7 Å². The summed E-state index contributed by atoms with van der Waals surface area (Å²) in [5.41, 5.74) is 0.453. The number of nitrogens with zero attached hydrogens (tertiary/aromatic N) is 2. The molecule has 1 aromatic heterocycles. The highest BCUT2D eigenvalue weighted by Gasteiger charge is 2.23. The molecule has 0 saturated carbocycles. The third kappa shape index (κ3) is 4.11. The van der Waals surface area contributed by atoms with Gasteiger partial charge in [0, 0.05) is 29.6 Å². The highest BCUT2D eigenvalue weighted by molar-refractivity contribution is 7.99. The number of carbonyl (C=O) groups excluding carboxylic acids is 1. The number of pyridine rings is 1. The third-order valence-corrected chi connectivity index (χ3v) is 4.68. The summed E-state index contributed by atoms with van der Waals surface area (Å²) in [5, 5.41) is 1.11. The van der Waals surface area contributed by atoms with Crippen LogP contribution in [0.5, 0.6) is 0 Å². The molecule has 104 valence electrons. The number of halogens is 1. The summed E-state index contributed by atoms with van der Waals surface area (Å²) in [6.45, 7) is 3.82. The number of hydrogen-bond acceptors (Lipinski definition) is 3. The number of rotatable bonds is 3. The number of likely N-dealkylation sites (tertiary alicyclic amines) is 1. The van der Waals surface area contributed by atoms with Crippen molar-refractivity contribution in [2.45, 2.75) is 31.4 Å². The van der Waals surface area contributed by atoms with Gasteiger partial charge in [-0.3, -0.25) is 9.78 Å². The molecule has 5 heteroatoms. The van der Waals surface area contributed by atoms with E-state index in [1.807, 2.05) is 16.7 Å². The van der Waals surface area contributed by atoms with Crippen LogP contribution < -0.4 is 0 Å². The van der Waals surface area contributed by atoms with E-state index in [0.29, 0.717) is 16.0 Å². The molecule has 2 rings (SSSR count). The molecule has 0 aliphatic carbocycles. The van der Waals surface area contributed by atoms with Gasteiger partial charge in [-0.1, -0.05) is 24.9 Å². The van der Waals surface area contributed by atoms with Crippen molar-refractivity contribution in [2.75, 3.05) is 18.8 Å². The minimum absolute atomic E-state index is 0.00565. The van der Waals surface area contributed by atoms with Gasteiger partial charge >= 0.3 is 0 Å². The lowest BCUT2D eigenvalue weighted by Gasteiger charge is -2.23. The summed E-state index contributed by atoms with van der Waals surface area (Å²) < 4.78 is 0. The summed E-state index contributed by atoms with van der Waals surface area (Å²) >= 11 is 7.87. The van der Waals surface area contributed by atoms with Crippen molar-refractivity contribution in [3.63, 3.8) is 0 Å². The molecule has 1 fully saturated rings. The van der Waals surface area contributed by atoms with Gasteiger partial charge < -0.3 is 4.90 Å². The van der Waals surface area contributed by atoms with Gasteiger partial charge in [-0.15, -0.1) is 0 Å². The predicted molar refractivity (Wildman–Crippen MR) is 80.9 cm³/mol. The average Bonchev–Trinajstić information content (AvgIpc) is 2.64. The molecule has 1 amide bonds. The number of carbonyl (C=O) groups is 1. The molecule has 1 aromatic rings. The van der Waals surface area contributed by atoms with Crippen molar-refractivity contribution in [1.29, 1.82) is 0 Å². The molecule has 1 saturated heterocycles. The van der Waals surface area contributed by atoms with E-state index in [0.717, 1.165) is 25.3 Å². The van der Waals surface area contributed by atoms with E-state index in [-0.39, 0.29) is 5.91 Å². The molecule has 0 N–H and O–H groups in total. The molecule has 2 heterocycles. The Morgan fingerprint density at radius 3 is 3.16 bits per heavy atom. The first kappa shape index (κ1) is 14.7. The maximum absolute atomic E-state index is 12.5. The fourth-order valence-electron chi connectivity index (χ4n) is 2.34. The Bertz CT molecular complexity index is 441. The van der Waals surface area contributed by atoms with Crippen LogP contribution in [0.25, 0.3) is 0 Å². The summed E-state index contributed by atoms with van der Waals surface area (Å²) in [4.78, 5) is 18.5. The van der Waals surface area contributed by atoms with E-state index < -0.39 is 0 Å². The Morgan fingerprint density at radius 1 is 1.58 bits per heavy atom. The maximum Gasteiger partial charge on any atom is 0.272 e. The summed E-state index contributed by atoms with van der Waals surface area (Å²) in [7, 11) is 0. The number of amides is 1. The Labute approximate surface area is 123 Å². The normalized spacial score (nSPS) is 20.1. The lowest BCUT2D eigenvalue weighted by molar-refractivity contribution is 0.0757. The summed E-state index contributed by atoms with van der Waals surface area (Å²) in [6, 6.07) is 3.34. The van der Waals surface area contributed by atoms with E-state index in [1.54, 1.807) is 18.3 Å². The number of hydrogen-bond donors (Lipinski definition) is 0. The van der Waals surface area contributed by atoms with E-state index >= 15 is 0 Å². The Hall–Kier alpha value is -0.740. The number of aromatic nitrogens is 1. The first-order chi connectivity index (χ1) is 9.20. The van der Waals surface area contributed by atoms with Crippen LogP contribution in [-0.2, 0) is 0 Å². The van der Waals surface area contributed by atoms with Gasteiger partial charge in [0.25, 0.3) is 5.91 Å². The van der Waals surface area contributed by atoms with E-state index in [4.69, 9.17) is 11.6 Å². The zero-order valence-electron chi connectivity index (χ0n) is 11.1. The molecule has 0 radical (unpaired) electrons. The molecule has 3 nitrogen and oxygen atoms in total. The van der Waals surface area contributed by atoms with E-state index in [1.165, 1.54) is 12.8 Å². The Morgan fingerprint density at radius 2 is 2.42 bits per heavy atom. The van der Waals surface area contributed by atoms with Crippen molar-refractivity contribution in [3.05, 3.63) is 29.0 Å². The van der Waals surface area contributed by atoms with Crippen LogP contribution in [-0.4, -0.2) is 39.9 Å². The van der Waals surface area contributed by atoms with E-state index in [2.05, 4.69) is 11.9 Å². The Kier molecular flexibility index (Phi) is 5.52. The molecule has 1 aliphatic rings. The van der Waals surface area contributed by atoms with Crippen LogP contribution in [0, 0.1) is 0 Å². The highest BCUT2D eigenvalue weighted by atomic mass is 35.5. The largest absolute Gasteiger partial charge is 0.336 e. The molecule has 0 aromatic carbocycles. The van der Waals surface area contributed by atoms with Gasteiger partial charge in [-0.2, -0.15) is 11.8 Å². The SMILES string of the molecule is CCSC1CCCCN(C(=O)c2cc(Cl)ccn2)C1. The van der Waals surface area contributed by atoms with Crippen molar-refractivity contribution in [1.82, 2.24) is 9.88 Å². The minimum atomic E-state index is 0.00565. The summed E-state index contributed by atoms with van der Waals surface area (Å²) in [6.07, 6.45) is 5.06. The molecule has 0 spiro atoms. The zero-order chi connectivity index (χ0) is 13.7. The van der Waals surface area contributed by atoms with Crippen LogP contribution in [0.3, 0.4) is 0 Å². The first-order valence-corrected chi connectivity index (χ1v) is 8.16. The monoisotopic (exact) mass is 298 g/mol. The second-order valence-corrected chi connectivity index (χ2v) is 6.70. The molecular formula is C14H19ClN2OS. The van der Waals surface area contributed by atoms with Crippen LogP contribution >= 0.6 is 23.4 Å². The standard InChI is InChI=1S/C14H19ClN2OS/c1-2-19-12-5-3-4-8-17(10-12)14(18)13-9-11(15)6-7-16-13/h6-7,9,12H,2-5,8,10H2,1H3. The van der Waals surface area contributed by atoms with Crippen LogP contribution in [0.2, 0.25) is 5.02 Å². The summed E-state index contributed by atoms with van der Waals surface area (Å²) in [5.74, 6) is 1.10. The second kappa shape index (κ2) is 7.15. The predicted octanol–water partition coefficient (Wildman–Crippen LogP) is 3.48. The molecule has 1 atom stereocenters. The van der Waals surface area contributed by atoms with Crippen LogP contribution in [0.15, 0.2) is 18.3 Å². The molecule has 1 unspecified atom stereocenters. The molecular weight excluding hydrogens is 280 g/mol. The van der Waals surface area contributed by atoms with Gasteiger partial charge in [0.2, 0.25) is 0 Å². The quantitative estimate of drug-likeness (QED) is 0.856. The maximum atomic E-state index is 12.5. The van der Waals surface area contributed by atoms with Gasteiger partial charge in [-0.25, -0.2) is 0 Å². The van der Waals surface area contributed by atoms with Crippen molar-refractivity contribution < 1.29 is 4.79 Å². The van der Waals surface area contributed by atoms with Crippen LogP contribution in [0.4, 0.5) is 0 Å². The lowest BCUT2D eigenvalue weighted by Crippen LogP contribution is -2.36. The Balaban J connectivity index is 2.08. The van der Waals surface area contributed by atoms with Crippen molar-refractivity contribution in [2.24, 2.45) is 0 Å². The van der Waals surface area contributed by atoms with Gasteiger partial charge in [0.15, 0.2) is 0 Å². The van der Waals surface area contributed by atoms with Crippen LogP contribution in [0.1, 0.15) is 36.7 Å². The minimum Gasteiger partial charge on any atom is -0.336 e. The fourth-order valence-corrected chi connectivity index (χ4v) is 3.59. The van der Waals surface area contributed by atoms with Gasteiger partial charge in [0.1, 0.15) is 5.69 Å². The van der Waals surface area contributed by atoms with E-state index in [9.17, 15) is 4.79 Å². The van der Waals surface area contributed by atoms with Crippen molar-refractivity contribution >= 4 is 29.3 Å². The molecule has 1 aliphatic heterocycles. The van der Waals surface area contributed by atoms with Crippen molar-refractivity contribution in [3.8, 4) is 0 Å². The lowest BCUT2D eigenvalue weighted by atomic mass is 10.2. The molecule has 19 heavy (non-hydrogen) atoms. The smallest absolute Gasteiger partial charge is 0.272 e. The zero-order valence-corrected chi connectivity index (χ0v) is 12.7. The molecule has 0 bridgehead atoms. The first-order valence-electron chi connectivity index (χ1n) is 6.73. The average molecular weight is 299 g/mol. The van der Waals surface area contributed by atoms with Gasteiger partial charge in [0.05, 0.1) is 0 Å². The second-order valence-electron chi connectivity index (χ2n) is 4.68. The fraction of sp³-hybridized carbons (Fsp3) is 0.571. The highest BCUT2D eigenvalue weighted by Crippen LogP contribution is 2.23. The topological polar surface area (TPSA) is 33.2 Å².